The van der Waals surface area contributed by atoms with Crippen LogP contribution in [0, 0.1) is 0 Å². The lowest BCUT2D eigenvalue weighted by atomic mass is 10.3. The topological polar surface area (TPSA) is 119 Å². The van der Waals surface area contributed by atoms with Crippen LogP contribution in [-0.4, -0.2) is 68.1 Å². The van der Waals surface area contributed by atoms with Gasteiger partial charge in [-0.15, -0.1) is 0 Å². The Hall–Kier alpha value is -0.0200. The van der Waals surface area contributed by atoms with Crippen molar-refractivity contribution in [1.29, 1.82) is 0 Å². The molecule has 0 saturated carbocycles. The van der Waals surface area contributed by atoms with Gasteiger partial charge in [0, 0.05) is 7.11 Å². The predicted octanol–water partition coefficient (Wildman–Crippen LogP) is 0.772. The molecule has 2 N–H and O–H groups in total. The maximum atomic E-state index is 11.7. The Labute approximate surface area is 132 Å². The fourth-order valence-corrected chi connectivity index (χ4v) is 4.91. The van der Waals surface area contributed by atoms with Gasteiger partial charge in [-0.3, -0.25) is 4.57 Å². The number of hydrogen-bond donors (Lipinski definition) is 2. The summed E-state index contributed by atoms with van der Waals surface area (Å²) in [4.78, 5) is 17.5. The third-order valence-corrected chi connectivity index (χ3v) is 6.33. The Kier molecular flexibility index (Phi) is 9.96. The highest BCUT2D eigenvalue weighted by Gasteiger charge is 2.26. The standard InChI is InChI=1S/C12H27O8PS/c1-10(2)19-8-12(20-11(3)7-18-4)5-6-22(16,17)9-21(13,14)15/h10-12H,5-9H2,1-4H3,(H2,13,14,15)/t11-,12+/m0/s1. The first-order valence-corrected chi connectivity index (χ1v) is 10.6. The van der Waals surface area contributed by atoms with Crippen LogP contribution in [0.5, 0.6) is 0 Å². The highest BCUT2D eigenvalue weighted by molar-refractivity contribution is 7.97. The molecule has 0 rings (SSSR count). The van der Waals surface area contributed by atoms with Crippen molar-refractivity contribution in [2.45, 2.75) is 45.5 Å². The molecule has 0 aliphatic carbocycles. The maximum Gasteiger partial charge on any atom is 0.340 e. The fraction of sp³-hybridized carbons (Fsp3) is 1.00. The highest BCUT2D eigenvalue weighted by Crippen LogP contribution is 2.36. The first-order valence-electron chi connectivity index (χ1n) is 6.96. The molecule has 0 saturated heterocycles. The van der Waals surface area contributed by atoms with E-state index in [0.717, 1.165) is 0 Å². The Balaban J connectivity index is 4.58. The minimum Gasteiger partial charge on any atom is -0.382 e. The van der Waals surface area contributed by atoms with E-state index < -0.39 is 29.0 Å². The second-order valence-corrected chi connectivity index (χ2v) is 9.69. The summed E-state index contributed by atoms with van der Waals surface area (Å²) in [6.45, 7) is 6.04. The van der Waals surface area contributed by atoms with Gasteiger partial charge in [-0.1, -0.05) is 0 Å². The molecule has 134 valence electrons. The van der Waals surface area contributed by atoms with Gasteiger partial charge in [0.25, 0.3) is 0 Å². The van der Waals surface area contributed by atoms with Crippen LogP contribution in [0.25, 0.3) is 0 Å². The number of sulfone groups is 1. The Morgan fingerprint density at radius 1 is 1.14 bits per heavy atom. The molecule has 2 atom stereocenters. The van der Waals surface area contributed by atoms with Crippen molar-refractivity contribution in [3.05, 3.63) is 0 Å². The van der Waals surface area contributed by atoms with Crippen LogP contribution in [-0.2, 0) is 28.6 Å². The van der Waals surface area contributed by atoms with Crippen LogP contribution in [0.4, 0.5) is 0 Å². The Bertz CT molecular complexity index is 444. The Morgan fingerprint density at radius 2 is 1.73 bits per heavy atom. The van der Waals surface area contributed by atoms with Crippen molar-refractivity contribution in [2.24, 2.45) is 0 Å². The minimum atomic E-state index is -4.60. The highest BCUT2D eigenvalue weighted by atomic mass is 32.2. The molecule has 0 aliphatic heterocycles. The van der Waals surface area contributed by atoms with E-state index in [4.69, 9.17) is 24.0 Å². The van der Waals surface area contributed by atoms with E-state index in [1.54, 1.807) is 6.92 Å². The fourth-order valence-electron chi connectivity index (χ4n) is 1.72. The number of ether oxygens (including phenoxy) is 3. The molecule has 0 heterocycles. The van der Waals surface area contributed by atoms with E-state index >= 15 is 0 Å². The quantitative estimate of drug-likeness (QED) is 0.489. The normalized spacial score (nSPS) is 16.0. The molecular formula is C12H27O8PS. The lowest BCUT2D eigenvalue weighted by molar-refractivity contribution is -0.0822. The zero-order valence-corrected chi connectivity index (χ0v) is 15.2. The van der Waals surface area contributed by atoms with E-state index in [1.165, 1.54) is 7.11 Å². The summed E-state index contributed by atoms with van der Waals surface area (Å²) in [5.74, 6) is -0.371. The third-order valence-electron chi connectivity index (χ3n) is 2.56. The summed E-state index contributed by atoms with van der Waals surface area (Å²) in [7, 11) is -6.92. The smallest absolute Gasteiger partial charge is 0.340 e. The summed E-state index contributed by atoms with van der Waals surface area (Å²) < 4.78 is 50.2. The second kappa shape index (κ2) is 9.97. The minimum absolute atomic E-state index is 0.0319. The van der Waals surface area contributed by atoms with Crippen molar-refractivity contribution in [1.82, 2.24) is 0 Å². The van der Waals surface area contributed by atoms with Gasteiger partial charge < -0.3 is 24.0 Å². The molecule has 0 amide bonds. The van der Waals surface area contributed by atoms with Gasteiger partial charge in [-0.05, 0) is 27.2 Å². The Morgan fingerprint density at radius 3 is 2.18 bits per heavy atom. The lowest BCUT2D eigenvalue weighted by Gasteiger charge is -2.23. The van der Waals surface area contributed by atoms with Crippen LogP contribution >= 0.6 is 7.60 Å². The molecule has 10 heteroatoms. The molecule has 0 aromatic heterocycles. The van der Waals surface area contributed by atoms with E-state index in [1.807, 2.05) is 13.8 Å². The second-order valence-electron chi connectivity index (χ2n) is 5.44. The molecule has 0 bridgehead atoms. The summed E-state index contributed by atoms with van der Waals surface area (Å²) in [5.41, 5.74) is -1.15. The first kappa shape index (κ1) is 22.0. The van der Waals surface area contributed by atoms with Crippen molar-refractivity contribution < 1.29 is 37.0 Å². The van der Waals surface area contributed by atoms with Crippen LogP contribution < -0.4 is 0 Å². The zero-order chi connectivity index (χ0) is 17.4. The molecule has 0 aromatic carbocycles. The summed E-state index contributed by atoms with van der Waals surface area (Å²) >= 11 is 0. The largest absolute Gasteiger partial charge is 0.382 e. The molecule has 0 spiro atoms. The van der Waals surface area contributed by atoms with Crippen LogP contribution in [0.15, 0.2) is 0 Å². The average molecular weight is 362 g/mol. The molecule has 22 heavy (non-hydrogen) atoms. The SMILES string of the molecule is COC[C@H](C)O[C@H](CCS(=O)(=O)CP(=O)(O)O)COC(C)C. The van der Waals surface area contributed by atoms with Crippen LogP contribution in [0.2, 0.25) is 0 Å². The monoisotopic (exact) mass is 362 g/mol. The van der Waals surface area contributed by atoms with Gasteiger partial charge >= 0.3 is 7.60 Å². The summed E-state index contributed by atoms with van der Waals surface area (Å²) in [6, 6.07) is 0. The van der Waals surface area contributed by atoms with Gasteiger partial charge in [-0.25, -0.2) is 8.42 Å². The third kappa shape index (κ3) is 12.5. The molecular weight excluding hydrogens is 335 g/mol. The first-order chi connectivity index (χ1) is 9.95. The van der Waals surface area contributed by atoms with E-state index in [2.05, 4.69) is 0 Å². The van der Waals surface area contributed by atoms with Gasteiger partial charge in [0.2, 0.25) is 0 Å². The number of methoxy groups -OCH3 is 1. The zero-order valence-electron chi connectivity index (χ0n) is 13.5. The van der Waals surface area contributed by atoms with Crippen LogP contribution in [0.3, 0.4) is 0 Å². The summed E-state index contributed by atoms with van der Waals surface area (Å²) in [6.07, 6.45) is -0.659. The van der Waals surface area contributed by atoms with Crippen molar-refractivity contribution in [3.63, 3.8) is 0 Å². The molecule has 0 aromatic rings. The van der Waals surface area contributed by atoms with Gasteiger partial charge in [0.15, 0.2) is 15.3 Å². The molecule has 0 radical (unpaired) electrons. The van der Waals surface area contributed by atoms with Crippen molar-refractivity contribution in [3.8, 4) is 0 Å². The molecule has 0 unspecified atom stereocenters. The molecule has 0 aliphatic rings. The number of rotatable bonds is 12. The molecule has 8 nitrogen and oxygen atoms in total. The predicted molar refractivity (Wildman–Crippen MR) is 82.6 cm³/mol. The number of hydrogen-bond acceptors (Lipinski definition) is 6. The van der Waals surface area contributed by atoms with Gasteiger partial charge in [0.05, 0.1) is 37.3 Å². The average Bonchev–Trinajstić information content (AvgIpc) is 2.29. The van der Waals surface area contributed by atoms with Crippen molar-refractivity contribution in [2.75, 3.05) is 31.6 Å². The van der Waals surface area contributed by atoms with Gasteiger partial charge in [-0.2, -0.15) is 0 Å². The van der Waals surface area contributed by atoms with Crippen LogP contribution in [0.1, 0.15) is 27.2 Å². The summed E-state index contributed by atoms with van der Waals surface area (Å²) in [5, 5.41) is 0. The van der Waals surface area contributed by atoms with E-state index in [-0.39, 0.29) is 31.0 Å². The maximum absolute atomic E-state index is 11.7. The lowest BCUT2D eigenvalue weighted by Crippen LogP contribution is -2.30. The van der Waals surface area contributed by atoms with E-state index in [0.29, 0.717) is 6.61 Å². The van der Waals surface area contributed by atoms with E-state index in [9.17, 15) is 13.0 Å². The molecule has 0 fully saturated rings. The van der Waals surface area contributed by atoms with Crippen molar-refractivity contribution >= 4 is 17.4 Å². The van der Waals surface area contributed by atoms with Gasteiger partial charge in [0.1, 0.15) is 0 Å².